The number of hydrogen-bond acceptors (Lipinski definition) is 0. The van der Waals surface area contributed by atoms with Gasteiger partial charge in [0.1, 0.15) is 0 Å². The molecule has 0 aromatic rings. The van der Waals surface area contributed by atoms with E-state index < -0.39 is 0 Å². The molecule has 0 saturated carbocycles. The highest BCUT2D eigenvalue weighted by atomic mass is 14.3. The first-order valence-corrected chi connectivity index (χ1v) is 15.9. The standard InChI is InChI=1S/C40H60/c1-31(19-13-21-33(3)25-27-37-35(5)23-15-29-39(37,7)8)17-11-12-18-32(2)20-14-22-34(4)26-28-38-36(6)24-16-30-40(38,9)10/h11-12,17-18,21-23,25-28,37H,13-16,19-20,24,29-30H2,1-10H3/b12-11+,27-25-,28-26+,31-17+,32-18+,33-21+,34-22+/t37-/m0/s1. The average molecular weight is 541 g/mol. The van der Waals surface area contributed by atoms with Crippen molar-refractivity contribution in [1.82, 2.24) is 0 Å². The summed E-state index contributed by atoms with van der Waals surface area (Å²) in [7, 11) is 0. The fourth-order valence-corrected chi connectivity index (χ4v) is 6.25. The Balaban J connectivity index is 1.77. The van der Waals surface area contributed by atoms with Crippen molar-refractivity contribution in [3.05, 3.63) is 106 Å². The summed E-state index contributed by atoms with van der Waals surface area (Å²) in [4.78, 5) is 0. The van der Waals surface area contributed by atoms with Gasteiger partial charge in [0, 0.05) is 5.92 Å². The zero-order valence-electron chi connectivity index (χ0n) is 27.8. The topological polar surface area (TPSA) is 0 Å². The van der Waals surface area contributed by atoms with E-state index >= 15 is 0 Å². The first-order valence-electron chi connectivity index (χ1n) is 15.9. The van der Waals surface area contributed by atoms with Gasteiger partial charge in [-0.3, -0.25) is 0 Å². The van der Waals surface area contributed by atoms with Crippen LogP contribution in [0.2, 0.25) is 0 Å². The molecule has 0 aliphatic heterocycles. The monoisotopic (exact) mass is 540 g/mol. The SMILES string of the molecule is CC1=CCCC(C)(C)[C@H]1/C=C\C(C)=C\CC/C(C)=C/C=C/C=C(\C)CC/C=C(C)/C=C/C1=C(C)CCCC1(C)C. The maximum Gasteiger partial charge on any atom is 0.00285 e. The minimum Gasteiger partial charge on any atom is -0.0850 e. The molecule has 2 rings (SSSR count). The van der Waals surface area contributed by atoms with E-state index in [2.05, 4.69) is 136 Å². The summed E-state index contributed by atoms with van der Waals surface area (Å²) in [5.74, 6) is 0.561. The Morgan fingerprint density at radius 3 is 1.95 bits per heavy atom. The Kier molecular flexibility index (Phi) is 13.7. The van der Waals surface area contributed by atoms with Crippen LogP contribution in [-0.2, 0) is 0 Å². The molecule has 0 heteroatoms. The van der Waals surface area contributed by atoms with Crippen molar-refractivity contribution in [3.8, 4) is 0 Å². The Morgan fingerprint density at radius 2 is 1.40 bits per heavy atom. The molecule has 0 nitrogen and oxygen atoms in total. The summed E-state index contributed by atoms with van der Waals surface area (Å²) in [5, 5.41) is 0. The summed E-state index contributed by atoms with van der Waals surface area (Å²) in [6.45, 7) is 23.2. The second kappa shape index (κ2) is 16.2. The first-order chi connectivity index (χ1) is 18.8. The van der Waals surface area contributed by atoms with Crippen LogP contribution in [0.3, 0.4) is 0 Å². The molecular weight excluding hydrogens is 480 g/mol. The van der Waals surface area contributed by atoms with Crippen LogP contribution in [0, 0.1) is 16.7 Å². The number of allylic oxidation sites excluding steroid dienone is 18. The molecule has 2 aliphatic rings. The predicted molar refractivity (Wildman–Crippen MR) is 182 cm³/mol. The van der Waals surface area contributed by atoms with Crippen LogP contribution in [0.25, 0.3) is 0 Å². The summed E-state index contributed by atoms with van der Waals surface area (Å²) in [6.07, 6.45) is 36.4. The van der Waals surface area contributed by atoms with E-state index in [0.29, 0.717) is 16.7 Å². The molecular formula is C40H60. The van der Waals surface area contributed by atoms with Gasteiger partial charge in [0.05, 0.1) is 0 Å². The van der Waals surface area contributed by atoms with Crippen LogP contribution in [0.15, 0.2) is 106 Å². The van der Waals surface area contributed by atoms with Gasteiger partial charge in [-0.15, -0.1) is 0 Å². The van der Waals surface area contributed by atoms with E-state index in [9.17, 15) is 0 Å². The van der Waals surface area contributed by atoms with Crippen LogP contribution < -0.4 is 0 Å². The third-order valence-electron chi connectivity index (χ3n) is 9.08. The highest BCUT2D eigenvalue weighted by Crippen LogP contribution is 2.42. The minimum atomic E-state index is 0.313. The van der Waals surface area contributed by atoms with Gasteiger partial charge in [0.15, 0.2) is 0 Å². The van der Waals surface area contributed by atoms with E-state index in [1.165, 1.54) is 60.0 Å². The van der Waals surface area contributed by atoms with Crippen molar-refractivity contribution >= 4 is 0 Å². The molecule has 0 N–H and O–H groups in total. The maximum atomic E-state index is 2.43. The molecule has 0 heterocycles. The van der Waals surface area contributed by atoms with Gasteiger partial charge in [-0.25, -0.2) is 0 Å². The predicted octanol–water partition coefficient (Wildman–Crippen LogP) is 12.9. The Hall–Kier alpha value is -2.34. The molecule has 0 aromatic heterocycles. The van der Waals surface area contributed by atoms with Crippen LogP contribution in [0.4, 0.5) is 0 Å². The minimum absolute atomic E-state index is 0.313. The van der Waals surface area contributed by atoms with Crippen molar-refractivity contribution in [2.45, 2.75) is 127 Å². The Morgan fingerprint density at radius 1 is 0.825 bits per heavy atom. The van der Waals surface area contributed by atoms with E-state index in [-0.39, 0.29) is 0 Å². The van der Waals surface area contributed by atoms with Gasteiger partial charge >= 0.3 is 0 Å². The third-order valence-corrected chi connectivity index (χ3v) is 9.08. The van der Waals surface area contributed by atoms with E-state index in [1.54, 1.807) is 11.1 Å². The molecule has 220 valence electrons. The van der Waals surface area contributed by atoms with Crippen molar-refractivity contribution in [2.24, 2.45) is 16.7 Å². The molecule has 0 bridgehead atoms. The van der Waals surface area contributed by atoms with Gasteiger partial charge in [-0.1, -0.05) is 128 Å². The maximum absolute atomic E-state index is 2.43. The lowest BCUT2D eigenvalue weighted by atomic mass is 9.68. The van der Waals surface area contributed by atoms with Crippen LogP contribution in [0.5, 0.6) is 0 Å². The normalized spacial score (nSPS) is 23.1. The summed E-state index contributed by atoms with van der Waals surface area (Å²) < 4.78 is 0. The van der Waals surface area contributed by atoms with Gasteiger partial charge in [-0.05, 0) is 116 Å². The molecule has 0 radical (unpaired) electrons. The Labute approximate surface area is 249 Å². The smallest absolute Gasteiger partial charge is 0.00285 e. The molecule has 0 fully saturated rings. The largest absolute Gasteiger partial charge is 0.0850 e. The lowest BCUT2D eigenvalue weighted by Gasteiger charge is -2.36. The van der Waals surface area contributed by atoms with Crippen LogP contribution >= 0.6 is 0 Å². The zero-order chi connectivity index (χ0) is 29.8. The fraction of sp³-hybridized carbons (Fsp3) is 0.550. The summed E-state index contributed by atoms with van der Waals surface area (Å²) >= 11 is 0. The van der Waals surface area contributed by atoms with Gasteiger partial charge < -0.3 is 0 Å². The highest BCUT2D eigenvalue weighted by Gasteiger charge is 2.30. The van der Waals surface area contributed by atoms with Crippen LogP contribution in [0.1, 0.15) is 127 Å². The second-order valence-electron chi connectivity index (χ2n) is 14.0. The van der Waals surface area contributed by atoms with E-state index in [1.807, 2.05) is 0 Å². The average Bonchev–Trinajstić information content (AvgIpc) is 2.85. The molecule has 0 amide bonds. The van der Waals surface area contributed by atoms with Gasteiger partial charge in [-0.2, -0.15) is 0 Å². The van der Waals surface area contributed by atoms with E-state index in [0.717, 1.165) is 25.7 Å². The van der Waals surface area contributed by atoms with Crippen molar-refractivity contribution in [3.63, 3.8) is 0 Å². The molecule has 0 saturated heterocycles. The summed E-state index contributed by atoms with van der Waals surface area (Å²) in [6, 6.07) is 0. The highest BCUT2D eigenvalue weighted by molar-refractivity contribution is 5.36. The van der Waals surface area contributed by atoms with Gasteiger partial charge in [0.2, 0.25) is 0 Å². The third kappa shape index (κ3) is 11.6. The zero-order valence-corrected chi connectivity index (χ0v) is 27.8. The van der Waals surface area contributed by atoms with Crippen molar-refractivity contribution in [2.75, 3.05) is 0 Å². The molecule has 0 spiro atoms. The molecule has 0 aromatic carbocycles. The van der Waals surface area contributed by atoms with Crippen molar-refractivity contribution < 1.29 is 0 Å². The first kappa shape index (κ1) is 33.9. The lowest BCUT2D eigenvalue weighted by molar-refractivity contribution is 0.255. The molecule has 1 atom stereocenters. The van der Waals surface area contributed by atoms with Crippen molar-refractivity contribution in [1.29, 1.82) is 0 Å². The number of hydrogen-bond donors (Lipinski definition) is 0. The lowest BCUT2D eigenvalue weighted by Crippen LogP contribution is -2.26. The quantitative estimate of drug-likeness (QED) is 0.170. The summed E-state index contributed by atoms with van der Waals surface area (Å²) in [5.41, 5.74) is 10.9. The van der Waals surface area contributed by atoms with E-state index in [4.69, 9.17) is 0 Å². The molecule has 40 heavy (non-hydrogen) atoms. The van der Waals surface area contributed by atoms with Crippen LogP contribution in [-0.4, -0.2) is 0 Å². The fourth-order valence-electron chi connectivity index (χ4n) is 6.25. The van der Waals surface area contributed by atoms with Gasteiger partial charge in [0.25, 0.3) is 0 Å². The second-order valence-corrected chi connectivity index (χ2v) is 14.0. The Bertz CT molecular complexity index is 1110. The molecule has 2 aliphatic carbocycles. The number of rotatable bonds is 12. The molecule has 0 unspecified atom stereocenters.